The number of nitrogens with one attached hydrogen (secondary N) is 4. The van der Waals surface area contributed by atoms with Gasteiger partial charge in [0, 0.05) is 66.5 Å². The van der Waals surface area contributed by atoms with Gasteiger partial charge in [0.15, 0.2) is 20.4 Å². The van der Waals surface area contributed by atoms with Crippen LogP contribution < -0.4 is 21.3 Å². The summed E-state index contributed by atoms with van der Waals surface area (Å²) in [6.45, 7) is 7.17. The third-order valence-corrected chi connectivity index (χ3v) is 9.74. The Hall–Kier alpha value is -2.80. The third-order valence-electron chi connectivity index (χ3n) is 8.02. The van der Waals surface area contributed by atoms with Gasteiger partial charge in [-0.15, -0.1) is 0 Å². The molecule has 0 atom stereocenters. The lowest BCUT2D eigenvalue weighted by molar-refractivity contribution is 0.209. The molecule has 0 unspecified atom stereocenters. The highest BCUT2D eigenvalue weighted by atomic mass is 32.1. The van der Waals surface area contributed by atoms with Gasteiger partial charge < -0.3 is 40.9 Å². The summed E-state index contributed by atoms with van der Waals surface area (Å²) in [5, 5.41) is 16.7. The Morgan fingerprint density at radius 1 is 0.432 bits per heavy atom. The van der Waals surface area contributed by atoms with Crippen molar-refractivity contribution < 1.29 is 0 Å². The summed E-state index contributed by atoms with van der Waals surface area (Å²) in [6, 6.07) is 17.2. The minimum Gasteiger partial charge on any atom is -0.358 e. The molecule has 238 valence electrons. The SMILES string of the molecule is CN1CCCCCCN(C)C(=S)NCc2ccc(cc2)CNC(=S)N2CCCN(C2)C(=S)NCc2ccc(cc2)CNC1=S. The van der Waals surface area contributed by atoms with Gasteiger partial charge in [-0.05, 0) is 90.4 Å². The summed E-state index contributed by atoms with van der Waals surface area (Å²) in [4.78, 5) is 8.65. The van der Waals surface area contributed by atoms with Crippen LogP contribution in [0.2, 0.25) is 0 Å². The number of fused-ring (bicyclic) bond motifs is 2. The average molecular weight is 671 g/mol. The minimum atomic E-state index is 0.676. The first-order valence-corrected chi connectivity index (χ1v) is 17.1. The summed E-state index contributed by atoms with van der Waals surface area (Å²) >= 11 is 22.8. The highest BCUT2D eigenvalue weighted by molar-refractivity contribution is 7.80. The predicted octanol–water partition coefficient (Wildman–Crippen LogP) is 4.29. The minimum absolute atomic E-state index is 0.676. The maximum atomic E-state index is 5.76. The maximum Gasteiger partial charge on any atom is 0.170 e. The summed E-state index contributed by atoms with van der Waals surface area (Å²) in [7, 11) is 4.13. The summed E-state index contributed by atoms with van der Waals surface area (Å²) < 4.78 is 0. The predicted molar refractivity (Wildman–Crippen MR) is 197 cm³/mol. The Kier molecular flexibility index (Phi) is 13.7. The molecule has 4 N–H and O–H groups in total. The van der Waals surface area contributed by atoms with Crippen molar-refractivity contribution in [3.63, 3.8) is 0 Å². The number of nitrogens with zero attached hydrogens (tertiary/aromatic N) is 4. The van der Waals surface area contributed by atoms with E-state index in [0.717, 1.165) is 65.9 Å². The zero-order valence-electron chi connectivity index (χ0n) is 25.9. The van der Waals surface area contributed by atoms with E-state index >= 15 is 0 Å². The standard InChI is InChI=1S/C32H46N8S4/c1-37-16-5-3-4-6-17-38(2)30(42)34-21-26-10-14-28(15-11-26)23-36-32(44)40-19-7-18-39(24-40)31(43)35-22-27-12-8-25(9-13-27)20-33-29(37)41/h8-15H,3-7,16-24H2,1-2H3,(H,33,41)(H,34,42)(H,35,43)(H,36,44). The molecule has 6 bridgehead atoms. The molecule has 1 fully saturated rings. The van der Waals surface area contributed by atoms with E-state index < -0.39 is 0 Å². The van der Waals surface area contributed by atoms with Gasteiger partial charge in [-0.3, -0.25) is 0 Å². The molecule has 1 saturated heterocycles. The van der Waals surface area contributed by atoms with Crippen LogP contribution in [0.5, 0.6) is 0 Å². The van der Waals surface area contributed by atoms with Crippen LogP contribution >= 0.6 is 48.9 Å². The third kappa shape index (κ3) is 11.0. The molecule has 0 saturated carbocycles. The normalized spacial score (nSPS) is 19.0. The number of hydrogen-bond acceptors (Lipinski definition) is 4. The highest BCUT2D eigenvalue weighted by Crippen LogP contribution is 2.11. The van der Waals surface area contributed by atoms with Gasteiger partial charge in [-0.1, -0.05) is 61.4 Å². The fourth-order valence-corrected chi connectivity index (χ4v) is 5.91. The second-order valence-corrected chi connectivity index (χ2v) is 13.1. The first-order valence-electron chi connectivity index (χ1n) is 15.5. The molecule has 0 spiro atoms. The number of thiocarbonyl (C=S) groups is 4. The number of rotatable bonds is 0. The maximum absolute atomic E-state index is 5.76. The molecule has 2 aromatic carbocycles. The molecule has 4 aliphatic heterocycles. The van der Waals surface area contributed by atoms with Gasteiger partial charge in [-0.2, -0.15) is 0 Å². The van der Waals surface area contributed by atoms with Crippen molar-refractivity contribution in [3.05, 3.63) is 70.8 Å². The topological polar surface area (TPSA) is 61.1 Å². The highest BCUT2D eigenvalue weighted by Gasteiger charge is 2.21. The molecule has 4 heterocycles. The Bertz CT molecular complexity index is 1160. The second kappa shape index (κ2) is 17.6. The van der Waals surface area contributed by atoms with Crippen molar-refractivity contribution in [2.24, 2.45) is 0 Å². The zero-order valence-corrected chi connectivity index (χ0v) is 29.2. The van der Waals surface area contributed by atoms with Crippen molar-refractivity contribution in [1.82, 2.24) is 40.9 Å². The van der Waals surface area contributed by atoms with Crippen molar-refractivity contribution in [1.29, 1.82) is 0 Å². The molecule has 0 radical (unpaired) electrons. The molecule has 0 aromatic heterocycles. The van der Waals surface area contributed by atoms with Crippen molar-refractivity contribution >= 4 is 69.3 Å². The second-order valence-electron chi connectivity index (χ2n) is 11.5. The smallest absolute Gasteiger partial charge is 0.170 e. The first kappa shape index (κ1) is 34.1. The van der Waals surface area contributed by atoms with E-state index in [2.05, 4.69) is 103 Å². The van der Waals surface area contributed by atoms with Crippen molar-refractivity contribution in [3.8, 4) is 0 Å². The van der Waals surface area contributed by atoms with E-state index in [0.29, 0.717) is 32.8 Å². The molecular formula is C32H46N8S4. The number of benzene rings is 2. The lowest BCUT2D eigenvalue weighted by atomic mass is 10.1. The van der Waals surface area contributed by atoms with Gasteiger partial charge in [-0.25, -0.2) is 0 Å². The van der Waals surface area contributed by atoms with E-state index in [-0.39, 0.29) is 0 Å². The Labute approximate surface area is 284 Å². The molecule has 4 aliphatic rings. The van der Waals surface area contributed by atoms with Crippen LogP contribution in [0.3, 0.4) is 0 Å². The molecule has 6 rings (SSSR count). The van der Waals surface area contributed by atoms with Gasteiger partial charge in [0.2, 0.25) is 0 Å². The van der Waals surface area contributed by atoms with Crippen molar-refractivity contribution in [2.75, 3.05) is 46.9 Å². The first-order chi connectivity index (χ1) is 21.3. The van der Waals surface area contributed by atoms with E-state index in [1.54, 1.807) is 0 Å². The lowest BCUT2D eigenvalue weighted by Gasteiger charge is -2.38. The largest absolute Gasteiger partial charge is 0.358 e. The molecular weight excluding hydrogens is 625 g/mol. The van der Waals surface area contributed by atoms with Crippen LogP contribution in [0.15, 0.2) is 48.5 Å². The zero-order chi connectivity index (χ0) is 31.3. The van der Waals surface area contributed by atoms with E-state index in [1.807, 2.05) is 0 Å². The quantitative estimate of drug-likeness (QED) is 0.303. The van der Waals surface area contributed by atoms with Crippen LogP contribution in [0, 0.1) is 0 Å². The average Bonchev–Trinajstić information content (AvgIpc) is 3.05. The molecule has 44 heavy (non-hydrogen) atoms. The summed E-state index contributed by atoms with van der Waals surface area (Å²) in [5.41, 5.74) is 4.77. The lowest BCUT2D eigenvalue weighted by Crippen LogP contribution is -2.54. The molecule has 8 nitrogen and oxygen atoms in total. The van der Waals surface area contributed by atoms with Gasteiger partial charge in [0.05, 0.1) is 6.67 Å². The van der Waals surface area contributed by atoms with E-state index in [4.69, 9.17) is 48.9 Å². The Morgan fingerprint density at radius 3 is 1.09 bits per heavy atom. The molecule has 12 heteroatoms. The van der Waals surface area contributed by atoms with E-state index in [9.17, 15) is 0 Å². The van der Waals surface area contributed by atoms with Gasteiger partial charge in [0.1, 0.15) is 0 Å². The van der Waals surface area contributed by atoms with Crippen LogP contribution in [0.1, 0.15) is 54.4 Å². The molecule has 0 aliphatic carbocycles. The van der Waals surface area contributed by atoms with E-state index in [1.165, 1.54) is 35.1 Å². The summed E-state index contributed by atoms with van der Waals surface area (Å²) in [6.07, 6.45) is 5.56. The van der Waals surface area contributed by atoms with Crippen LogP contribution in [-0.4, -0.2) is 87.0 Å². The Morgan fingerprint density at radius 2 is 0.750 bits per heavy atom. The Balaban J connectivity index is 1.35. The van der Waals surface area contributed by atoms with Crippen molar-refractivity contribution in [2.45, 2.75) is 58.3 Å². The van der Waals surface area contributed by atoms with Crippen LogP contribution in [-0.2, 0) is 26.2 Å². The van der Waals surface area contributed by atoms with Crippen LogP contribution in [0.25, 0.3) is 0 Å². The monoisotopic (exact) mass is 670 g/mol. The number of hydrogen-bond donors (Lipinski definition) is 4. The fraction of sp³-hybridized carbons (Fsp3) is 0.500. The van der Waals surface area contributed by atoms with Gasteiger partial charge in [0.25, 0.3) is 0 Å². The molecule has 2 aromatic rings. The molecule has 0 amide bonds. The fourth-order valence-electron chi connectivity index (χ4n) is 5.14. The van der Waals surface area contributed by atoms with Gasteiger partial charge >= 0.3 is 0 Å². The van der Waals surface area contributed by atoms with Crippen LogP contribution in [0.4, 0.5) is 0 Å². The summed E-state index contributed by atoms with van der Waals surface area (Å²) in [5.74, 6) is 0.